The summed E-state index contributed by atoms with van der Waals surface area (Å²) < 4.78 is 5.85. The zero-order valence-electron chi connectivity index (χ0n) is 17.2. The maximum atomic E-state index is 5.56. The third kappa shape index (κ3) is 7.07. The molecule has 2 aliphatic rings. The first-order valence-corrected chi connectivity index (χ1v) is 11.2. The third-order valence-electron chi connectivity index (χ3n) is 5.35. The van der Waals surface area contributed by atoms with Crippen molar-refractivity contribution in [1.82, 2.24) is 15.5 Å². The first-order chi connectivity index (χ1) is 13.2. The van der Waals surface area contributed by atoms with Gasteiger partial charge in [0.25, 0.3) is 0 Å². The molecule has 2 saturated heterocycles. The number of ether oxygens (including phenoxy) is 1. The second kappa shape index (κ2) is 12.2. The maximum Gasteiger partial charge on any atom is 0.191 e. The molecule has 2 aliphatic heterocycles. The number of hydrogen-bond acceptors (Lipinski definition) is 4. The second-order valence-electron chi connectivity index (χ2n) is 7.55. The highest BCUT2D eigenvalue weighted by Crippen LogP contribution is 2.37. The quantitative estimate of drug-likeness (QED) is 0.329. The lowest BCUT2D eigenvalue weighted by atomic mass is 10.0. The van der Waals surface area contributed by atoms with E-state index in [0.29, 0.717) is 10.8 Å². The standard InChI is InChI=1S/C21H34N4OS.HI/c1-3-22-20(24-17-21(2)10-7-15-27-21)23-16-19(18-8-5-4-6-9-18)25-11-13-26-14-12-25;/h4-6,8-9,19H,3,7,10-17H2,1-2H3,(H2,22,23,24);1H. The molecule has 158 valence electrons. The minimum Gasteiger partial charge on any atom is -0.379 e. The van der Waals surface area contributed by atoms with Crippen LogP contribution in [0.3, 0.4) is 0 Å². The Bertz CT molecular complexity index is 589. The van der Waals surface area contributed by atoms with Crippen molar-refractivity contribution in [2.45, 2.75) is 37.5 Å². The number of halogens is 1. The highest BCUT2D eigenvalue weighted by Gasteiger charge is 2.29. The number of rotatable bonds is 7. The van der Waals surface area contributed by atoms with Crippen molar-refractivity contribution < 1.29 is 4.74 Å². The molecule has 28 heavy (non-hydrogen) atoms. The molecule has 0 aliphatic carbocycles. The van der Waals surface area contributed by atoms with E-state index in [-0.39, 0.29) is 24.0 Å². The van der Waals surface area contributed by atoms with Gasteiger partial charge in [-0.3, -0.25) is 9.89 Å². The van der Waals surface area contributed by atoms with Gasteiger partial charge in [0.15, 0.2) is 5.96 Å². The summed E-state index contributed by atoms with van der Waals surface area (Å²) in [7, 11) is 0. The number of aliphatic imine (C=N–C) groups is 1. The number of guanidine groups is 1. The molecule has 0 spiro atoms. The van der Waals surface area contributed by atoms with E-state index >= 15 is 0 Å². The van der Waals surface area contributed by atoms with Gasteiger partial charge >= 0.3 is 0 Å². The van der Waals surface area contributed by atoms with Crippen LogP contribution in [-0.2, 0) is 4.74 Å². The molecule has 0 radical (unpaired) electrons. The van der Waals surface area contributed by atoms with E-state index in [1.807, 2.05) is 0 Å². The van der Waals surface area contributed by atoms with E-state index in [1.54, 1.807) is 0 Å². The van der Waals surface area contributed by atoms with Crippen LogP contribution in [0.4, 0.5) is 0 Å². The van der Waals surface area contributed by atoms with Crippen molar-refractivity contribution >= 4 is 41.7 Å². The van der Waals surface area contributed by atoms with Gasteiger partial charge in [-0.1, -0.05) is 30.3 Å². The summed E-state index contributed by atoms with van der Waals surface area (Å²) in [6.07, 6.45) is 2.58. The molecule has 2 unspecified atom stereocenters. The number of hydrogen-bond donors (Lipinski definition) is 2. The number of morpholine rings is 1. The Morgan fingerprint density at radius 1 is 1.25 bits per heavy atom. The van der Waals surface area contributed by atoms with E-state index in [9.17, 15) is 0 Å². The molecule has 2 atom stereocenters. The summed E-state index contributed by atoms with van der Waals surface area (Å²) in [6, 6.07) is 11.1. The monoisotopic (exact) mass is 518 g/mol. The van der Waals surface area contributed by atoms with E-state index in [0.717, 1.165) is 51.9 Å². The fourth-order valence-electron chi connectivity index (χ4n) is 3.77. The zero-order valence-corrected chi connectivity index (χ0v) is 20.3. The van der Waals surface area contributed by atoms with Crippen LogP contribution in [-0.4, -0.2) is 67.3 Å². The normalized spacial score (nSPS) is 24.4. The van der Waals surface area contributed by atoms with Crippen molar-refractivity contribution in [3.63, 3.8) is 0 Å². The topological polar surface area (TPSA) is 48.9 Å². The molecule has 7 heteroatoms. The summed E-state index contributed by atoms with van der Waals surface area (Å²) >= 11 is 2.06. The molecular formula is C21H35IN4OS. The Balaban J connectivity index is 0.00000280. The molecule has 2 heterocycles. The summed E-state index contributed by atoms with van der Waals surface area (Å²) in [5.41, 5.74) is 1.35. The molecule has 2 fully saturated rings. The maximum absolute atomic E-state index is 5.56. The van der Waals surface area contributed by atoms with Gasteiger partial charge < -0.3 is 15.4 Å². The van der Waals surface area contributed by atoms with Gasteiger partial charge in [0.2, 0.25) is 0 Å². The van der Waals surface area contributed by atoms with Gasteiger partial charge in [0.05, 0.1) is 25.8 Å². The van der Waals surface area contributed by atoms with Crippen LogP contribution in [0.2, 0.25) is 0 Å². The molecule has 2 N–H and O–H groups in total. The smallest absolute Gasteiger partial charge is 0.191 e. The Morgan fingerprint density at radius 3 is 2.64 bits per heavy atom. The highest BCUT2D eigenvalue weighted by molar-refractivity contribution is 14.0. The van der Waals surface area contributed by atoms with Gasteiger partial charge in [0.1, 0.15) is 0 Å². The fourth-order valence-corrected chi connectivity index (χ4v) is 4.99. The number of nitrogens with one attached hydrogen (secondary N) is 2. The summed E-state index contributed by atoms with van der Waals surface area (Å²) in [5.74, 6) is 2.20. The number of nitrogens with zero attached hydrogens (tertiary/aromatic N) is 2. The minimum atomic E-state index is 0. The average molecular weight is 519 g/mol. The van der Waals surface area contributed by atoms with E-state index in [2.05, 4.69) is 71.5 Å². The Labute approximate surface area is 191 Å². The van der Waals surface area contributed by atoms with Crippen LogP contribution in [0.5, 0.6) is 0 Å². The van der Waals surface area contributed by atoms with Crippen molar-refractivity contribution in [2.24, 2.45) is 4.99 Å². The molecule has 3 rings (SSSR count). The fraction of sp³-hybridized carbons (Fsp3) is 0.667. The molecule has 0 saturated carbocycles. The first-order valence-electron chi connectivity index (χ1n) is 10.2. The third-order valence-corrected chi connectivity index (χ3v) is 6.87. The highest BCUT2D eigenvalue weighted by atomic mass is 127. The first kappa shape index (κ1) is 23.8. The molecule has 5 nitrogen and oxygen atoms in total. The molecule has 0 bridgehead atoms. The van der Waals surface area contributed by atoms with Gasteiger partial charge in [-0.25, -0.2) is 0 Å². The van der Waals surface area contributed by atoms with Crippen molar-refractivity contribution in [2.75, 3.05) is 51.7 Å². The molecular weight excluding hydrogens is 483 g/mol. The van der Waals surface area contributed by atoms with Crippen LogP contribution in [0.1, 0.15) is 38.3 Å². The predicted octanol–water partition coefficient (Wildman–Crippen LogP) is 3.52. The predicted molar refractivity (Wildman–Crippen MR) is 131 cm³/mol. The Kier molecular flexibility index (Phi) is 10.4. The minimum absolute atomic E-state index is 0. The van der Waals surface area contributed by atoms with Gasteiger partial charge in [-0.15, -0.1) is 24.0 Å². The van der Waals surface area contributed by atoms with Crippen molar-refractivity contribution in [1.29, 1.82) is 0 Å². The molecule has 0 amide bonds. The van der Waals surface area contributed by atoms with E-state index in [4.69, 9.17) is 9.73 Å². The number of thioether (sulfide) groups is 1. The van der Waals surface area contributed by atoms with Crippen molar-refractivity contribution in [3.05, 3.63) is 35.9 Å². The average Bonchev–Trinajstić information content (AvgIpc) is 3.15. The Hall–Kier alpha value is -0.510. The lowest BCUT2D eigenvalue weighted by molar-refractivity contribution is 0.0170. The van der Waals surface area contributed by atoms with Crippen molar-refractivity contribution in [3.8, 4) is 0 Å². The number of benzene rings is 1. The van der Waals surface area contributed by atoms with Crippen LogP contribution in [0.15, 0.2) is 35.3 Å². The van der Waals surface area contributed by atoms with Gasteiger partial charge in [0, 0.05) is 30.9 Å². The zero-order chi connectivity index (χ0) is 19.0. The van der Waals surface area contributed by atoms with Crippen LogP contribution < -0.4 is 10.6 Å². The lowest BCUT2D eigenvalue weighted by Gasteiger charge is -2.35. The van der Waals surface area contributed by atoms with Crippen LogP contribution in [0, 0.1) is 0 Å². The van der Waals surface area contributed by atoms with Crippen LogP contribution >= 0.6 is 35.7 Å². The van der Waals surface area contributed by atoms with Crippen LogP contribution in [0.25, 0.3) is 0 Å². The largest absolute Gasteiger partial charge is 0.379 e. The Morgan fingerprint density at radius 2 is 2.00 bits per heavy atom. The lowest BCUT2D eigenvalue weighted by Crippen LogP contribution is -2.46. The summed E-state index contributed by atoms with van der Waals surface area (Å²) in [6.45, 7) is 10.6. The molecule has 1 aromatic rings. The van der Waals surface area contributed by atoms with E-state index < -0.39 is 0 Å². The second-order valence-corrected chi connectivity index (χ2v) is 9.24. The molecule has 1 aromatic carbocycles. The molecule has 0 aromatic heterocycles. The van der Waals surface area contributed by atoms with E-state index in [1.165, 1.54) is 24.2 Å². The SMILES string of the molecule is CCNC(=NCC1(C)CCCS1)NCC(c1ccccc1)N1CCOCC1.I. The van der Waals surface area contributed by atoms with Gasteiger partial charge in [-0.05, 0) is 38.0 Å². The summed E-state index contributed by atoms with van der Waals surface area (Å²) in [5, 5.41) is 7.02. The summed E-state index contributed by atoms with van der Waals surface area (Å²) in [4.78, 5) is 7.43. The van der Waals surface area contributed by atoms with Gasteiger partial charge in [-0.2, -0.15) is 11.8 Å².